The molecule has 1 atom stereocenters. The van der Waals surface area contributed by atoms with Gasteiger partial charge in [0, 0.05) is 25.5 Å². The first-order valence-electron chi connectivity index (χ1n) is 7.16. The molecule has 3 rings (SSSR count). The molecule has 1 N–H and O–H groups in total. The quantitative estimate of drug-likeness (QED) is 0.881. The van der Waals surface area contributed by atoms with Crippen LogP contribution in [0.3, 0.4) is 0 Å². The van der Waals surface area contributed by atoms with Crippen molar-refractivity contribution in [3.8, 4) is 5.88 Å². The third-order valence-electron chi connectivity index (χ3n) is 3.56. The molecule has 1 aliphatic heterocycles. The fourth-order valence-electron chi connectivity index (χ4n) is 2.59. The van der Waals surface area contributed by atoms with Crippen LogP contribution in [0.15, 0.2) is 30.9 Å². The Labute approximate surface area is 123 Å². The highest BCUT2D eigenvalue weighted by Gasteiger charge is 2.22. The van der Waals surface area contributed by atoms with Gasteiger partial charge in [-0.3, -0.25) is 9.67 Å². The number of aromatic nitrogens is 4. The van der Waals surface area contributed by atoms with Gasteiger partial charge >= 0.3 is 0 Å². The van der Waals surface area contributed by atoms with Crippen LogP contribution in [-0.4, -0.2) is 51.2 Å². The van der Waals surface area contributed by atoms with Crippen LogP contribution in [0.2, 0.25) is 0 Å². The van der Waals surface area contributed by atoms with Crippen molar-refractivity contribution < 1.29 is 9.84 Å². The topological polar surface area (TPSA) is 76.3 Å². The molecule has 0 bridgehead atoms. The van der Waals surface area contributed by atoms with Crippen molar-refractivity contribution in [2.24, 2.45) is 0 Å². The number of ether oxygens (including phenoxy) is 1. The number of piperidine rings is 1. The van der Waals surface area contributed by atoms with Crippen molar-refractivity contribution in [1.29, 1.82) is 0 Å². The molecule has 2 aromatic heterocycles. The van der Waals surface area contributed by atoms with Crippen molar-refractivity contribution in [2.75, 3.05) is 31.2 Å². The molecule has 2 aromatic rings. The molecular weight excluding hydrogens is 270 g/mol. The lowest BCUT2D eigenvalue weighted by atomic mass is 10.1. The molecule has 0 amide bonds. The van der Waals surface area contributed by atoms with Gasteiger partial charge in [0.25, 0.3) is 0 Å². The summed E-state index contributed by atoms with van der Waals surface area (Å²) >= 11 is 0. The van der Waals surface area contributed by atoms with Gasteiger partial charge in [0.2, 0.25) is 5.88 Å². The van der Waals surface area contributed by atoms with E-state index in [2.05, 4.69) is 20.0 Å². The fourth-order valence-corrected chi connectivity index (χ4v) is 2.59. The summed E-state index contributed by atoms with van der Waals surface area (Å²) in [5.74, 6) is 1.25. The van der Waals surface area contributed by atoms with E-state index in [9.17, 15) is 0 Å². The molecule has 112 valence electrons. The lowest BCUT2D eigenvalue weighted by Crippen LogP contribution is -2.37. The lowest BCUT2D eigenvalue weighted by molar-refractivity contribution is 0.196. The fraction of sp³-hybridized carbons (Fsp3) is 0.500. The Kier molecular flexibility index (Phi) is 4.30. The number of nitrogens with zero attached hydrogens (tertiary/aromatic N) is 5. The third-order valence-corrected chi connectivity index (χ3v) is 3.56. The Balaban J connectivity index is 1.71. The zero-order valence-corrected chi connectivity index (χ0v) is 11.8. The molecule has 1 aliphatic rings. The zero-order chi connectivity index (χ0) is 14.5. The average molecular weight is 289 g/mol. The van der Waals surface area contributed by atoms with Crippen LogP contribution in [0.25, 0.3) is 0 Å². The van der Waals surface area contributed by atoms with E-state index in [1.54, 1.807) is 12.4 Å². The van der Waals surface area contributed by atoms with Gasteiger partial charge in [-0.05, 0) is 18.9 Å². The minimum absolute atomic E-state index is 0.0308. The number of hydrogen-bond donors (Lipinski definition) is 1. The Hall–Kier alpha value is -2.15. The molecule has 0 unspecified atom stereocenters. The van der Waals surface area contributed by atoms with Crippen molar-refractivity contribution in [1.82, 2.24) is 19.7 Å². The van der Waals surface area contributed by atoms with E-state index in [1.165, 1.54) is 0 Å². The molecule has 1 fully saturated rings. The molecule has 1 saturated heterocycles. The van der Waals surface area contributed by atoms with Gasteiger partial charge in [0.1, 0.15) is 6.61 Å². The van der Waals surface area contributed by atoms with Gasteiger partial charge in [-0.15, -0.1) is 0 Å². The van der Waals surface area contributed by atoms with E-state index >= 15 is 0 Å². The Bertz CT molecular complexity index is 560. The van der Waals surface area contributed by atoms with Crippen molar-refractivity contribution >= 4 is 5.82 Å². The monoisotopic (exact) mass is 289 g/mol. The first-order valence-corrected chi connectivity index (χ1v) is 7.16. The summed E-state index contributed by atoms with van der Waals surface area (Å²) in [4.78, 5) is 10.8. The number of anilines is 1. The molecule has 7 nitrogen and oxygen atoms in total. The smallest absolute Gasteiger partial charge is 0.234 e. The van der Waals surface area contributed by atoms with Crippen LogP contribution in [-0.2, 0) is 0 Å². The van der Waals surface area contributed by atoms with Gasteiger partial charge in [0.05, 0.1) is 25.0 Å². The maximum Gasteiger partial charge on any atom is 0.234 e. The van der Waals surface area contributed by atoms with Crippen LogP contribution in [0.1, 0.15) is 18.9 Å². The molecular formula is C14H19N5O2. The minimum Gasteiger partial charge on any atom is -0.474 e. The highest BCUT2D eigenvalue weighted by molar-refractivity contribution is 5.38. The first kappa shape index (κ1) is 13.8. The van der Waals surface area contributed by atoms with Crippen molar-refractivity contribution in [3.05, 3.63) is 30.9 Å². The SMILES string of the molecule is OCCOc1cncc(N2CCC[C@H](n3cccn3)C2)n1. The minimum atomic E-state index is -0.0308. The summed E-state index contributed by atoms with van der Waals surface area (Å²) in [5, 5.41) is 13.1. The maximum atomic E-state index is 8.79. The Morgan fingerprint density at radius 3 is 3.14 bits per heavy atom. The number of aliphatic hydroxyl groups excluding tert-OH is 1. The predicted octanol–water partition coefficient (Wildman–Crippen LogP) is 0.886. The van der Waals surface area contributed by atoms with Crippen molar-refractivity contribution in [2.45, 2.75) is 18.9 Å². The Morgan fingerprint density at radius 2 is 2.33 bits per heavy atom. The lowest BCUT2D eigenvalue weighted by Gasteiger charge is -2.33. The van der Waals surface area contributed by atoms with Crippen LogP contribution < -0.4 is 9.64 Å². The van der Waals surface area contributed by atoms with E-state index in [0.29, 0.717) is 11.9 Å². The van der Waals surface area contributed by atoms with Gasteiger partial charge < -0.3 is 14.7 Å². The van der Waals surface area contributed by atoms with E-state index in [-0.39, 0.29) is 13.2 Å². The second-order valence-corrected chi connectivity index (χ2v) is 5.02. The van der Waals surface area contributed by atoms with Crippen LogP contribution in [0.4, 0.5) is 5.82 Å². The van der Waals surface area contributed by atoms with Crippen molar-refractivity contribution in [3.63, 3.8) is 0 Å². The second-order valence-electron chi connectivity index (χ2n) is 5.02. The highest BCUT2D eigenvalue weighted by Crippen LogP contribution is 2.25. The molecule has 0 aliphatic carbocycles. The third kappa shape index (κ3) is 3.30. The highest BCUT2D eigenvalue weighted by atomic mass is 16.5. The summed E-state index contributed by atoms with van der Waals surface area (Å²) in [5.41, 5.74) is 0. The predicted molar refractivity (Wildman–Crippen MR) is 77.3 cm³/mol. The Morgan fingerprint density at radius 1 is 1.38 bits per heavy atom. The summed E-state index contributed by atoms with van der Waals surface area (Å²) < 4.78 is 7.32. The number of rotatable bonds is 5. The number of aliphatic hydroxyl groups is 1. The van der Waals surface area contributed by atoms with E-state index in [1.807, 2.05) is 23.1 Å². The van der Waals surface area contributed by atoms with Crippen LogP contribution in [0.5, 0.6) is 5.88 Å². The molecule has 7 heteroatoms. The normalized spacial score (nSPS) is 18.7. The molecule has 0 radical (unpaired) electrons. The first-order chi connectivity index (χ1) is 10.4. The molecule has 0 saturated carbocycles. The van der Waals surface area contributed by atoms with Gasteiger partial charge in [-0.1, -0.05) is 0 Å². The molecule has 3 heterocycles. The molecule has 21 heavy (non-hydrogen) atoms. The second kappa shape index (κ2) is 6.53. The van der Waals surface area contributed by atoms with Gasteiger partial charge in [0.15, 0.2) is 5.82 Å². The zero-order valence-electron chi connectivity index (χ0n) is 11.8. The summed E-state index contributed by atoms with van der Waals surface area (Å²) in [6, 6.07) is 2.31. The van der Waals surface area contributed by atoms with Gasteiger partial charge in [-0.25, -0.2) is 0 Å². The summed E-state index contributed by atoms with van der Waals surface area (Å²) in [6.07, 6.45) is 9.33. The standard InChI is InChI=1S/C14H19N5O2/c20-7-8-21-14-10-15-9-13(17-14)18-5-1-3-12(11-18)19-6-2-4-16-19/h2,4,6,9-10,12,20H,1,3,5,7-8,11H2/t12-/m0/s1. The maximum absolute atomic E-state index is 8.79. The van der Waals surface area contributed by atoms with Crippen LogP contribution >= 0.6 is 0 Å². The summed E-state index contributed by atoms with van der Waals surface area (Å²) in [6.45, 7) is 2.01. The van der Waals surface area contributed by atoms with E-state index < -0.39 is 0 Å². The van der Waals surface area contributed by atoms with E-state index in [4.69, 9.17) is 9.84 Å². The van der Waals surface area contributed by atoms with Gasteiger partial charge in [-0.2, -0.15) is 10.1 Å². The van der Waals surface area contributed by atoms with E-state index in [0.717, 1.165) is 31.7 Å². The summed E-state index contributed by atoms with van der Waals surface area (Å²) in [7, 11) is 0. The largest absolute Gasteiger partial charge is 0.474 e. The number of hydrogen-bond acceptors (Lipinski definition) is 6. The van der Waals surface area contributed by atoms with Crippen LogP contribution in [0, 0.1) is 0 Å². The average Bonchev–Trinajstić information content (AvgIpc) is 3.08. The molecule has 0 aromatic carbocycles. The molecule has 0 spiro atoms.